The van der Waals surface area contributed by atoms with Crippen LogP contribution in [0.2, 0.25) is 0 Å². The van der Waals surface area contributed by atoms with E-state index in [1.165, 1.54) is 24.3 Å². The predicted octanol–water partition coefficient (Wildman–Crippen LogP) is 6.69. The Morgan fingerprint density at radius 1 is 1.00 bits per heavy atom. The van der Waals surface area contributed by atoms with Crippen molar-refractivity contribution in [1.29, 1.82) is 0 Å². The molecule has 191 valence electrons. The van der Waals surface area contributed by atoms with E-state index in [0.29, 0.717) is 24.3 Å². The third-order valence-electron chi connectivity index (χ3n) is 6.90. The average Bonchev–Trinajstić information content (AvgIpc) is 2.83. The van der Waals surface area contributed by atoms with E-state index in [2.05, 4.69) is 19.6 Å². The van der Waals surface area contributed by atoms with Gasteiger partial charge >= 0.3 is 5.97 Å². The van der Waals surface area contributed by atoms with Crippen molar-refractivity contribution in [3.63, 3.8) is 0 Å². The van der Waals surface area contributed by atoms with E-state index in [1.807, 2.05) is 0 Å². The van der Waals surface area contributed by atoms with Gasteiger partial charge in [-0.15, -0.1) is 12.6 Å². The molecule has 0 aromatic heterocycles. The van der Waals surface area contributed by atoms with E-state index in [-0.39, 0.29) is 31.1 Å². The van der Waals surface area contributed by atoms with Gasteiger partial charge in [0.05, 0.1) is 12.5 Å². The third-order valence-corrected chi connectivity index (χ3v) is 7.20. The highest BCUT2D eigenvalue weighted by Gasteiger charge is 2.70. The standard InChI is InChI=1S/C25H32F5O3S/c1-2-3-4-5-14-32-17-8-6-16(7-9-17)25(30)20(26)15-24(29,21(27)22(25)28)23(31)33-18-10-12-19(34)13-11-18/h10-13,15-17,20-22,34H,2-9,14H2,1H3/t16-,17-,20?,21?,22?,24?,25?. The largest absolute Gasteiger partial charge is 0.424 e. The molecule has 2 aliphatic rings. The van der Waals surface area contributed by atoms with Crippen molar-refractivity contribution in [2.45, 2.75) is 99.1 Å². The summed E-state index contributed by atoms with van der Waals surface area (Å²) in [6.45, 7) is 2.67. The lowest BCUT2D eigenvalue weighted by Crippen LogP contribution is -2.68. The fraction of sp³-hybridized carbons (Fsp3) is 0.680. The first-order chi connectivity index (χ1) is 16.1. The van der Waals surface area contributed by atoms with Crippen molar-refractivity contribution in [3.8, 4) is 5.75 Å². The Labute approximate surface area is 203 Å². The molecule has 1 aromatic carbocycles. The molecule has 2 fully saturated rings. The summed E-state index contributed by atoms with van der Waals surface area (Å²) >= 11 is 4.05. The number of unbranched alkanes of at least 4 members (excludes halogenated alkanes) is 3. The number of carbonyl (C=O) groups is 1. The van der Waals surface area contributed by atoms with Crippen LogP contribution in [0, 0.1) is 12.3 Å². The molecule has 3 nitrogen and oxygen atoms in total. The van der Waals surface area contributed by atoms with Gasteiger partial charge in [-0.1, -0.05) is 26.2 Å². The first-order valence-electron chi connectivity index (χ1n) is 11.9. The maximum Gasteiger partial charge on any atom is 0.352 e. The molecule has 5 unspecified atom stereocenters. The number of halogens is 5. The molecule has 0 N–H and O–H groups in total. The van der Waals surface area contributed by atoms with E-state index in [4.69, 9.17) is 9.47 Å². The quantitative estimate of drug-likeness (QED) is 0.133. The minimum Gasteiger partial charge on any atom is -0.424 e. The van der Waals surface area contributed by atoms with Crippen LogP contribution in [0.4, 0.5) is 22.0 Å². The maximum atomic E-state index is 15.7. The molecule has 34 heavy (non-hydrogen) atoms. The summed E-state index contributed by atoms with van der Waals surface area (Å²) < 4.78 is 86.4. The summed E-state index contributed by atoms with van der Waals surface area (Å²) in [5, 5.41) is 0. The molecule has 0 heterocycles. The number of alkyl halides is 5. The Morgan fingerprint density at radius 2 is 1.65 bits per heavy atom. The monoisotopic (exact) mass is 507 g/mol. The van der Waals surface area contributed by atoms with E-state index in [0.717, 1.165) is 25.7 Å². The normalized spacial score (nSPS) is 36.3. The highest BCUT2D eigenvalue weighted by atomic mass is 32.1. The molecule has 2 aliphatic carbocycles. The van der Waals surface area contributed by atoms with E-state index >= 15 is 13.2 Å². The molecule has 0 aliphatic heterocycles. The molecule has 0 bridgehead atoms. The second-order valence-corrected chi connectivity index (χ2v) is 9.77. The molecule has 3 rings (SSSR count). The number of rotatable bonds is 9. The zero-order valence-electron chi connectivity index (χ0n) is 19.2. The average molecular weight is 508 g/mol. The number of esters is 1. The summed E-state index contributed by atoms with van der Waals surface area (Å²) in [7, 11) is 0. The van der Waals surface area contributed by atoms with Crippen LogP contribution in [0.25, 0.3) is 0 Å². The topological polar surface area (TPSA) is 35.5 Å². The van der Waals surface area contributed by atoms with Gasteiger partial charge < -0.3 is 9.47 Å². The number of ether oxygens (including phenoxy) is 2. The Morgan fingerprint density at radius 3 is 2.26 bits per heavy atom. The lowest BCUT2D eigenvalue weighted by Gasteiger charge is -2.48. The zero-order chi connectivity index (χ0) is 24.9. The second-order valence-electron chi connectivity index (χ2n) is 9.26. The number of carbonyl (C=O) groups excluding carboxylic acids is 1. The lowest BCUT2D eigenvalue weighted by atomic mass is 9.65. The molecule has 1 radical (unpaired) electrons. The maximum absolute atomic E-state index is 15.7. The van der Waals surface area contributed by atoms with E-state index in [9.17, 15) is 13.6 Å². The smallest absolute Gasteiger partial charge is 0.352 e. The molecular weight excluding hydrogens is 475 g/mol. The number of thiol groups is 1. The molecule has 1 aromatic rings. The fourth-order valence-corrected chi connectivity index (χ4v) is 4.95. The minimum atomic E-state index is -3.76. The number of benzene rings is 1. The summed E-state index contributed by atoms with van der Waals surface area (Å²) in [5.74, 6) is -3.15. The van der Waals surface area contributed by atoms with Gasteiger partial charge in [0.1, 0.15) is 11.9 Å². The van der Waals surface area contributed by atoms with Gasteiger partial charge in [-0.3, -0.25) is 0 Å². The fourth-order valence-electron chi connectivity index (χ4n) is 4.80. The first kappa shape index (κ1) is 27.2. The van der Waals surface area contributed by atoms with Crippen LogP contribution in [0.5, 0.6) is 5.75 Å². The molecular formula is C25H32F5O3S. The number of hydrogen-bond acceptors (Lipinski definition) is 4. The molecule has 0 saturated heterocycles. The molecule has 0 amide bonds. The summed E-state index contributed by atoms with van der Waals surface area (Å²) in [6.07, 6.45) is -4.29. The van der Waals surface area contributed by atoms with Gasteiger partial charge in [0.25, 0.3) is 0 Å². The summed E-state index contributed by atoms with van der Waals surface area (Å²) in [6, 6.07) is 5.40. The zero-order valence-corrected chi connectivity index (χ0v) is 20.1. The van der Waals surface area contributed by atoms with Crippen LogP contribution >= 0.6 is 12.6 Å². The van der Waals surface area contributed by atoms with Crippen LogP contribution in [0.15, 0.2) is 29.2 Å². The van der Waals surface area contributed by atoms with Crippen LogP contribution in [0.1, 0.15) is 58.3 Å². The third kappa shape index (κ3) is 5.72. The van der Waals surface area contributed by atoms with Crippen molar-refractivity contribution in [3.05, 3.63) is 30.7 Å². The van der Waals surface area contributed by atoms with E-state index < -0.39 is 41.7 Å². The van der Waals surface area contributed by atoms with Crippen LogP contribution < -0.4 is 4.74 Å². The van der Waals surface area contributed by atoms with Crippen molar-refractivity contribution in [1.82, 2.24) is 0 Å². The van der Waals surface area contributed by atoms with E-state index in [1.54, 1.807) is 0 Å². The second kappa shape index (κ2) is 11.6. The van der Waals surface area contributed by atoms with Crippen LogP contribution in [0.3, 0.4) is 0 Å². The summed E-state index contributed by atoms with van der Waals surface area (Å²) in [4.78, 5) is 12.8. The highest BCUT2D eigenvalue weighted by molar-refractivity contribution is 7.80. The Balaban J connectivity index is 1.61. The minimum absolute atomic E-state index is 0.0145. The number of hydrogen-bond donors (Lipinski definition) is 1. The van der Waals surface area contributed by atoms with Crippen molar-refractivity contribution < 1.29 is 36.2 Å². The van der Waals surface area contributed by atoms with Crippen molar-refractivity contribution in [2.24, 2.45) is 5.92 Å². The van der Waals surface area contributed by atoms with Crippen molar-refractivity contribution >= 4 is 18.6 Å². The predicted molar refractivity (Wildman–Crippen MR) is 122 cm³/mol. The molecule has 9 heteroatoms. The van der Waals surface area contributed by atoms with Gasteiger partial charge in [0.2, 0.25) is 5.67 Å². The summed E-state index contributed by atoms with van der Waals surface area (Å²) in [5.41, 5.74) is -7.03. The van der Waals surface area contributed by atoms with Gasteiger partial charge in [0, 0.05) is 11.5 Å². The molecule has 0 spiro atoms. The Bertz CT molecular complexity index is 804. The van der Waals surface area contributed by atoms with Gasteiger partial charge in [0.15, 0.2) is 18.0 Å². The molecule has 2 saturated carbocycles. The van der Waals surface area contributed by atoms with Gasteiger partial charge in [-0.25, -0.2) is 26.7 Å². The van der Waals surface area contributed by atoms with Crippen molar-refractivity contribution in [2.75, 3.05) is 6.61 Å². The van der Waals surface area contributed by atoms with Gasteiger partial charge in [-0.2, -0.15) is 0 Å². The van der Waals surface area contributed by atoms with Crippen LogP contribution in [-0.2, 0) is 9.53 Å². The SMILES string of the molecule is CCCCCCO[C@H]1CC[C@H](C2(F)C(F)[CH]C(F)(C(=O)Oc3ccc(S)cc3)C(F)C2F)CC1. The lowest BCUT2D eigenvalue weighted by molar-refractivity contribution is -0.178. The first-order valence-corrected chi connectivity index (χ1v) is 12.4. The molecule has 5 atom stereocenters. The van der Waals surface area contributed by atoms with Crippen LogP contribution in [-0.4, -0.2) is 48.5 Å². The Kier molecular flexibility index (Phi) is 9.29. The van der Waals surface area contributed by atoms with Gasteiger partial charge in [-0.05, 0) is 62.3 Å². The Hall–Kier alpha value is -1.35. The highest BCUT2D eigenvalue weighted by Crippen LogP contribution is 2.52.